The number of hydrogen-bond donors (Lipinski definition) is 2. The summed E-state index contributed by atoms with van der Waals surface area (Å²) in [6.45, 7) is 2.03. The summed E-state index contributed by atoms with van der Waals surface area (Å²) >= 11 is 9.35. The number of rotatable bonds is 4. The molecule has 0 aliphatic carbocycles. The van der Waals surface area contributed by atoms with E-state index in [1.807, 2.05) is 55.5 Å². The Kier molecular flexibility index (Phi) is 4.79. The van der Waals surface area contributed by atoms with Crippen LogP contribution < -0.4 is 10.6 Å². The predicted molar refractivity (Wildman–Crippen MR) is 98.9 cm³/mol. The molecular formula is C17H14BrClN4. The van der Waals surface area contributed by atoms with Crippen molar-refractivity contribution < 1.29 is 0 Å². The van der Waals surface area contributed by atoms with Gasteiger partial charge in [0.25, 0.3) is 0 Å². The summed E-state index contributed by atoms with van der Waals surface area (Å²) in [6.07, 6.45) is 1.71. The van der Waals surface area contributed by atoms with Crippen LogP contribution in [0.1, 0.15) is 5.56 Å². The average molecular weight is 390 g/mol. The fraction of sp³-hybridized carbons (Fsp3) is 0.0588. The molecule has 4 nitrogen and oxygen atoms in total. The van der Waals surface area contributed by atoms with Gasteiger partial charge in [0.1, 0.15) is 5.82 Å². The molecule has 0 bridgehead atoms. The molecule has 1 aromatic heterocycles. The minimum Gasteiger partial charge on any atom is -0.340 e. The first kappa shape index (κ1) is 15.8. The summed E-state index contributed by atoms with van der Waals surface area (Å²) in [6, 6.07) is 15.3. The highest BCUT2D eigenvalue weighted by Crippen LogP contribution is 2.23. The van der Waals surface area contributed by atoms with Crippen LogP contribution in [0.25, 0.3) is 0 Å². The molecule has 0 fully saturated rings. The summed E-state index contributed by atoms with van der Waals surface area (Å²) in [7, 11) is 0. The second-order valence-electron chi connectivity index (χ2n) is 4.98. The zero-order valence-corrected chi connectivity index (χ0v) is 14.7. The lowest BCUT2D eigenvalue weighted by Crippen LogP contribution is -2.01. The largest absolute Gasteiger partial charge is 0.340 e. The fourth-order valence-electron chi connectivity index (χ4n) is 2.06. The van der Waals surface area contributed by atoms with Gasteiger partial charge in [-0.15, -0.1) is 0 Å². The van der Waals surface area contributed by atoms with Crippen LogP contribution in [0.15, 0.2) is 59.2 Å². The number of aryl methyl sites for hydroxylation is 1. The Labute approximate surface area is 148 Å². The lowest BCUT2D eigenvalue weighted by molar-refractivity contribution is 1.16. The van der Waals surface area contributed by atoms with Crippen LogP contribution in [0.5, 0.6) is 0 Å². The standard InChI is InChI=1S/C17H14BrClN4/c1-11-10-12(18)2-7-15(11)22-17-20-9-8-16(23-17)21-14-5-3-13(19)4-6-14/h2-10H,1H3,(H2,20,21,22,23). The highest BCUT2D eigenvalue weighted by atomic mass is 79.9. The van der Waals surface area contributed by atoms with E-state index in [0.717, 1.165) is 21.4 Å². The van der Waals surface area contributed by atoms with Crippen LogP contribution in [-0.4, -0.2) is 9.97 Å². The van der Waals surface area contributed by atoms with E-state index in [4.69, 9.17) is 11.6 Å². The van der Waals surface area contributed by atoms with Crippen molar-refractivity contribution in [2.24, 2.45) is 0 Å². The Morgan fingerprint density at radius 2 is 1.78 bits per heavy atom. The Balaban J connectivity index is 1.78. The Morgan fingerprint density at radius 3 is 2.52 bits per heavy atom. The number of nitrogens with one attached hydrogen (secondary N) is 2. The van der Waals surface area contributed by atoms with Crippen LogP contribution in [0, 0.1) is 6.92 Å². The van der Waals surface area contributed by atoms with Crippen molar-refractivity contribution in [1.29, 1.82) is 0 Å². The first-order chi connectivity index (χ1) is 11.1. The third kappa shape index (κ3) is 4.21. The summed E-state index contributed by atoms with van der Waals surface area (Å²) in [5.74, 6) is 1.24. The van der Waals surface area contributed by atoms with Crippen molar-refractivity contribution in [3.05, 3.63) is 69.8 Å². The first-order valence-electron chi connectivity index (χ1n) is 6.99. The molecule has 1 heterocycles. The zero-order chi connectivity index (χ0) is 16.2. The van der Waals surface area contributed by atoms with Gasteiger partial charge in [-0.1, -0.05) is 27.5 Å². The van der Waals surface area contributed by atoms with Gasteiger partial charge in [-0.25, -0.2) is 4.98 Å². The van der Waals surface area contributed by atoms with E-state index in [2.05, 4.69) is 36.5 Å². The van der Waals surface area contributed by atoms with E-state index in [1.54, 1.807) is 6.20 Å². The Bertz CT molecular complexity index is 821. The topological polar surface area (TPSA) is 49.8 Å². The number of hydrogen-bond acceptors (Lipinski definition) is 4. The van der Waals surface area contributed by atoms with Crippen LogP contribution >= 0.6 is 27.5 Å². The maximum absolute atomic E-state index is 5.89. The minimum absolute atomic E-state index is 0.536. The minimum atomic E-state index is 0.536. The molecule has 23 heavy (non-hydrogen) atoms. The van der Waals surface area contributed by atoms with Crippen LogP contribution in [-0.2, 0) is 0 Å². The van der Waals surface area contributed by atoms with Gasteiger partial charge in [0.15, 0.2) is 0 Å². The smallest absolute Gasteiger partial charge is 0.229 e. The van der Waals surface area contributed by atoms with Crippen LogP contribution in [0.2, 0.25) is 5.02 Å². The lowest BCUT2D eigenvalue weighted by atomic mass is 10.2. The third-order valence-electron chi connectivity index (χ3n) is 3.21. The normalized spacial score (nSPS) is 10.4. The second-order valence-corrected chi connectivity index (χ2v) is 6.33. The summed E-state index contributed by atoms with van der Waals surface area (Å²) in [5.41, 5.74) is 3.00. The van der Waals surface area contributed by atoms with Crippen molar-refractivity contribution >= 4 is 50.7 Å². The molecule has 0 saturated heterocycles. The zero-order valence-electron chi connectivity index (χ0n) is 12.3. The molecule has 0 radical (unpaired) electrons. The van der Waals surface area contributed by atoms with Gasteiger partial charge in [0.05, 0.1) is 0 Å². The van der Waals surface area contributed by atoms with Gasteiger partial charge >= 0.3 is 0 Å². The molecule has 0 saturated carbocycles. The van der Waals surface area contributed by atoms with Gasteiger partial charge in [0, 0.05) is 27.1 Å². The van der Waals surface area contributed by atoms with E-state index in [0.29, 0.717) is 16.8 Å². The average Bonchev–Trinajstić information content (AvgIpc) is 2.53. The quantitative estimate of drug-likeness (QED) is 0.602. The van der Waals surface area contributed by atoms with Crippen molar-refractivity contribution in [3.63, 3.8) is 0 Å². The molecule has 116 valence electrons. The Morgan fingerprint density at radius 1 is 1.00 bits per heavy atom. The molecule has 0 amide bonds. The SMILES string of the molecule is Cc1cc(Br)ccc1Nc1nccc(Nc2ccc(Cl)cc2)n1. The van der Waals surface area contributed by atoms with Gasteiger partial charge < -0.3 is 10.6 Å². The second kappa shape index (κ2) is 6.98. The number of aromatic nitrogens is 2. The Hall–Kier alpha value is -2.11. The van der Waals surface area contributed by atoms with Crippen molar-refractivity contribution in [3.8, 4) is 0 Å². The van der Waals surface area contributed by atoms with Gasteiger partial charge in [-0.05, 0) is 61.0 Å². The van der Waals surface area contributed by atoms with Crippen molar-refractivity contribution in [1.82, 2.24) is 9.97 Å². The van der Waals surface area contributed by atoms with Crippen LogP contribution in [0.3, 0.4) is 0 Å². The highest BCUT2D eigenvalue weighted by Gasteiger charge is 2.04. The third-order valence-corrected chi connectivity index (χ3v) is 3.95. The predicted octanol–water partition coefficient (Wildman–Crippen LogP) is 5.69. The molecule has 0 atom stereocenters. The first-order valence-corrected chi connectivity index (χ1v) is 8.16. The number of benzene rings is 2. The van der Waals surface area contributed by atoms with Crippen LogP contribution in [0.4, 0.5) is 23.1 Å². The highest BCUT2D eigenvalue weighted by molar-refractivity contribution is 9.10. The van der Waals surface area contributed by atoms with Gasteiger partial charge in [-0.3, -0.25) is 0 Å². The number of halogens is 2. The van der Waals surface area contributed by atoms with E-state index < -0.39 is 0 Å². The molecule has 3 rings (SSSR count). The summed E-state index contributed by atoms with van der Waals surface area (Å²) in [4.78, 5) is 8.73. The summed E-state index contributed by atoms with van der Waals surface area (Å²) < 4.78 is 1.04. The molecule has 3 aromatic rings. The molecule has 2 N–H and O–H groups in total. The molecule has 0 aliphatic heterocycles. The summed E-state index contributed by atoms with van der Waals surface area (Å²) in [5, 5.41) is 7.15. The molecule has 0 spiro atoms. The van der Waals surface area contributed by atoms with E-state index in [-0.39, 0.29) is 0 Å². The maximum Gasteiger partial charge on any atom is 0.229 e. The van der Waals surface area contributed by atoms with E-state index >= 15 is 0 Å². The molecular weight excluding hydrogens is 376 g/mol. The molecule has 6 heteroatoms. The van der Waals surface area contributed by atoms with Gasteiger partial charge in [0.2, 0.25) is 5.95 Å². The number of nitrogens with zero attached hydrogens (tertiary/aromatic N) is 2. The fourth-order valence-corrected chi connectivity index (χ4v) is 2.66. The maximum atomic E-state index is 5.89. The lowest BCUT2D eigenvalue weighted by Gasteiger charge is -2.10. The monoisotopic (exact) mass is 388 g/mol. The molecule has 0 unspecified atom stereocenters. The molecule has 0 aliphatic rings. The van der Waals surface area contributed by atoms with E-state index in [9.17, 15) is 0 Å². The molecule has 2 aromatic carbocycles. The van der Waals surface area contributed by atoms with E-state index in [1.165, 1.54) is 0 Å². The van der Waals surface area contributed by atoms with Crippen molar-refractivity contribution in [2.75, 3.05) is 10.6 Å². The van der Waals surface area contributed by atoms with Gasteiger partial charge in [-0.2, -0.15) is 4.98 Å². The number of anilines is 4. The van der Waals surface area contributed by atoms with Crippen molar-refractivity contribution in [2.45, 2.75) is 6.92 Å².